The molecule has 2 rings (SSSR count). The zero-order valence-corrected chi connectivity index (χ0v) is 14.4. The van der Waals surface area contributed by atoms with Gasteiger partial charge in [0.2, 0.25) is 15.9 Å². The number of amides is 1. The molecule has 1 fully saturated rings. The van der Waals surface area contributed by atoms with Crippen molar-refractivity contribution in [3.63, 3.8) is 0 Å². The van der Waals surface area contributed by atoms with Gasteiger partial charge in [-0.05, 0) is 37.0 Å². The Balaban J connectivity index is 1.95. The Hall–Kier alpha value is -1.44. The second-order valence-corrected chi connectivity index (χ2v) is 7.77. The summed E-state index contributed by atoms with van der Waals surface area (Å²) in [7, 11) is -3.46. The summed E-state index contributed by atoms with van der Waals surface area (Å²) in [5, 5.41) is 2.73. The molecule has 1 amide bonds. The quantitative estimate of drug-likeness (QED) is 0.818. The van der Waals surface area contributed by atoms with Crippen molar-refractivity contribution in [2.45, 2.75) is 32.3 Å². The van der Waals surface area contributed by atoms with Crippen LogP contribution in [0.25, 0.3) is 0 Å². The fourth-order valence-electron chi connectivity index (χ4n) is 2.52. The number of hydrogen-bond acceptors (Lipinski definition) is 4. The number of carbonyl (C=O) groups is 1. The number of hydrogen-bond donors (Lipinski definition) is 1. The van der Waals surface area contributed by atoms with Crippen LogP contribution in [-0.4, -0.2) is 50.7 Å². The lowest BCUT2D eigenvalue weighted by molar-refractivity contribution is -0.116. The Labute approximate surface area is 137 Å². The predicted molar refractivity (Wildman–Crippen MR) is 89.8 cm³/mol. The van der Waals surface area contributed by atoms with E-state index in [9.17, 15) is 13.2 Å². The third kappa shape index (κ3) is 5.60. The normalized spacial score (nSPS) is 18.3. The van der Waals surface area contributed by atoms with Gasteiger partial charge in [-0.3, -0.25) is 4.79 Å². The molecule has 1 aromatic rings. The maximum absolute atomic E-state index is 12.1. The summed E-state index contributed by atoms with van der Waals surface area (Å²) in [6, 6.07) is 7.52. The zero-order valence-electron chi connectivity index (χ0n) is 13.6. The van der Waals surface area contributed by atoms with Crippen LogP contribution in [0.15, 0.2) is 24.3 Å². The summed E-state index contributed by atoms with van der Waals surface area (Å²) in [5.41, 5.74) is 1.84. The molecule has 1 N–H and O–H groups in total. The molecule has 1 aromatic carbocycles. The molecule has 0 aromatic heterocycles. The van der Waals surface area contributed by atoms with Crippen molar-refractivity contribution >= 4 is 21.6 Å². The zero-order chi connectivity index (χ0) is 16.9. The van der Waals surface area contributed by atoms with Crippen molar-refractivity contribution in [2.75, 3.05) is 31.3 Å². The molecule has 6 nitrogen and oxygen atoms in total. The minimum absolute atomic E-state index is 0.124. The topological polar surface area (TPSA) is 75.7 Å². The molecule has 0 bridgehead atoms. The standard InChI is InChI=1S/C16H24N2O4S/c1-3-13-6-8-14(9-7-13)17-16(19)12-18(23(2,20)21)11-15-5-4-10-22-15/h6-9,15H,3-5,10-12H2,1-2H3,(H,17,19). The molecule has 0 saturated carbocycles. The highest BCUT2D eigenvalue weighted by molar-refractivity contribution is 7.88. The monoisotopic (exact) mass is 340 g/mol. The van der Waals surface area contributed by atoms with Gasteiger partial charge in [0.05, 0.1) is 18.9 Å². The highest BCUT2D eigenvalue weighted by Crippen LogP contribution is 2.15. The van der Waals surface area contributed by atoms with E-state index in [1.165, 1.54) is 9.87 Å². The molecule has 0 aliphatic carbocycles. The van der Waals surface area contributed by atoms with E-state index in [0.29, 0.717) is 12.3 Å². The van der Waals surface area contributed by atoms with Gasteiger partial charge in [-0.1, -0.05) is 19.1 Å². The van der Waals surface area contributed by atoms with Crippen molar-refractivity contribution in [1.82, 2.24) is 4.31 Å². The Morgan fingerprint density at radius 2 is 2.04 bits per heavy atom. The van der Waals surface area contributed by atoms with E-state index < -0.39 is 10.0 Å². The summed E-state index contributed by atoms with van der Waals surface area (Å²) >= 11 is 0. The van der Waals surface area contributed by atoms with Gasteiger partial charge >= 0.3 is 0 Å². The van der Waals surface area contributed by atoms with E-state index in [1.54, 1.807) is 0 Å². The number of benzene rings is 1. The SMILES string of the molecule is CCc1ccc(NC(=O)CN(CC2CCCO2)S(C)(=O)=O)cc1. The molecular weight excluding hydrogens is 316 g/mol. The molecule has 1 unspecified atom stereocenters. The summed E-state index contributed by atoms with van der Waals surface area (Å²) in [6.07, 6.45) is 3.67. The van der Waals surface area contributed by atoms with Crippen LogP contribution in [0.3, 0.4) is 0 Å². The van der Waals surface area contributed by atoms with E-state index in [-0.39, 0.29) is 25.1 Å². The fourth-order valence-corrected chi connectivity index (χ4v) is 3.31. The second kappa shape index (κ2) is 7.90. The molecule has 0 radical (unpaired) electrons. The molecule has 1 saturated heterocycles. The van der Waals surface area contributed by atoms with Gasteiger partial charge in [-0.25, -0.2) is 8.42 Å². The summed E-state index contributed by atoms with van der Waals surface area (Å²) in [5.74, 6) is -0.349. The van der Waals surface area contributed by atoms with Gasteiger partial charge in [-0.2, -0.15) is 4.31 Å². The molecule has 0 spiro atoms. The van der Waals surface area contributed by atoms with Crippen LogP contribution in [-0.2, 0) is 26.0 Å². The fraction of sp³-hybridized carbons (Fsp3) is 0.562. The smallest absolute Gasteiger partial charge is 0.239 e. The summed E-state index contributed by atoms with van der Waals surface area (Å²) in [6.45, 7) is 2.73. The number of ether oxygens (including phenoxy) is 1. The maximum atomic E-state index is 12.1. The van der Waals surface area contributed by atoms with Gasteiger partial charge in [0.25, 0.3) is 0 Å². The van der Waals surface area contributed by atoms with Crippen LogP contribution in [0.5, 0.6) is 0 Å². The number of rotatable bonds is 7. The number of aryl methyl sites for hydroxylation is 1. The molecule has 23 heavy (non-hydrogen) atoms. The first-order valence-electron chi connectivity index (χ1n) is 7.84. The number of anilines is 1. The average Bonchev–Trinajstić information content (AvgIpc) is 2.99. The number of carbonyl (C=O) groups excluding carboxylic acids is 1. The molecule has 7 heteroatoms. The van der Waals surface area contributed by atoms with Crippen LogP contribution >= 0.6 is 0 Å². The number of sulfonamides is 1. The minimum Gasteiger partial charge on any atom is -0.377 e. The highest BCUT2D eigenvalue weighted by Gasteiger charge is 2.26. The third-order valence-corrected chi connectivity index (χ3v) is 5.08. The second-order valence-electron chi connectivity index (χ2n) is 5.79. The van der Waals surface area contributed by atoms with Crippen molar-refractivity contribution < 1.29 is 17.9 Å². The number of nitrogens with zero attached hydrogens (tertiary/aromatic N) is 1. The third-order valence-electron chi connectivity index (χ3n) is 3.87. The molecule has 1 heterocycles. The van der Waals surface area contributed by atoms with E-state index in [0.717, 1.165) is 25.5 Å². The van der Waals surface area contributed by atoms with Crippen LogP contribution < -0.4 is 5.32 Å². The maximum Gasteiger partial charge on any atom is 0.239 e. The summed E-state index contributed by atoms with van der Waals surface area (Å²) in [4.78, 5) is 12.1. The lowest BCUT2D eigenvalue weighted by atomic mass is 10.1. The lowest BCUT2D eigenvalue weighted by Gasteiger charge is -2.22. The molecule has 1 aliphatic rings. The molecule has 1 aliphatic heterocycles. The Morgan fingerprint density at radius 1 is 1.35 bits per heavy atom. The van der Waals surface area contributed by atoms with Crippen LogP contribution in [0.4, 0.5) is 5.69 Å². The summed E-state index contributed by atoms with van der Waals surface area (Å²) < 4.78 is 30.4. The van der Waals surface area contributed by atoms with Gasteiger partial charge in [0.15, 0.2) is 0 Å². The first-order valence-corrected chi connectivity index (χ1v) is 9.69. The van der Waals surface area contributed by atoms with Gasteiger partial charge < -0.3 is 10.1 Å². The van der Waals surface area contributed by atoms with Crippen molar-refractivity contribution in [3.05, 3.63) is 29.8 Å². The first-order chi connectivity index (χ1) is 10.9. The van der Waals surface area contributed by atoms with E-state index in [2.05, 4.69) is 12.2 Å². The predicted octanol–water partition coefficient (Wildman–Crippen LogP) is 1.63. The van der Waals surface area contributed by atoms with Crippen molar-refractivity contribution in [3.8, 4) is 0 Å². The van der Waals surface area contributed by atoms with Gasteiger partial charge in [0, 0.05) is 18.8 Å². The van der Waals surface area contributed by atoms with E-state index in [1.807, 2.05) is 24.3 Å². The first kappa shape index (κ1) is 17.9. The van der Waals surface area contributed by atoms with Gasteiger partial charge in [0.1, 0.15) is 0 Å². The Kier molecular flexibility index (Phi) is 6.15. The molecule has 128 valence electrons. The highest BCUT2D eigenvalue weighted by atomic mass is 32.2. The Bertz CT molecular complexity index is 622. The average molecular weight is 340 g/mol. The Morgan fingerprint density at radius 3 is 2.57 bits per heavy atom. The number of nitrogens with one attached hydrogen (secondary N) is 1. The van der Waals surface area contributed by atoms with E-state index in [4.69, 9.17) is 4.74 Å². The van der Waals surface area contributed by atoms with E-state index >= 15 is 0 Å². The van der Waals surface area contributed by atoms with Crippen molar-refractivity contribution in [2.24, 2.45) is 0 Å². The molecule has 1 atom stereocenters. The van der Waals surface area contributed by atoms with Crippen LogP contribution in [0, 0.1) is 0 Å². The minimum atomic E-state index is -3.46. The van der Waals surface area contributed by atoms with Crippen molar-refractivity contribution in [1.29, 1.82) is 0 Å². The van der Waals surface area contributed by atoms with Crippen LogP contribution in [0.2, 0.25) is 0 Å². The molecular formula is C16H24N2O4S. The van der Waals surface area contributed by atoms with Crippen LogP contribution in [0.1, 0.15) is 25.3 Å². The lowest BCUT2D eigenvalue weighted by Crippen LogP contribution is -2.41. The largest absolute Gasteiger partial charge is 0.377 e. The van der Waals surface area contributed by atoms with Gasteiger partial charge in [-0.15, -0.1) is 0 Å².